The minimum absolute atomic E-state index is 0.370. The van der Waals surface area contributed by atoms with Gasteiger partial charge in [-0.3, -0.25) is 0 Å². The van der Waals surface area contributed by atoms with Gasteiger partial charge in [0.15, 0.2) is 6.10 Å². The summed E-state index contributed by atoms with van der Waals surface area (Å²) in [6.07, 6.45) is -3.09. The second-order valence-electron chi connectivity index (χ2n) is 7.59. The molecule has 0 saturated carbocycles. The van der Waals surface area contributed by atoms with Crippen molar-refractivity contribution in [3.8, 4) is 11.4 Å². The van der Waals surface area contributed by atoms with Crippen molar-refractivity contribution in [1.82, 2.24) is 9.78 Å². The highest BCUT2D eigenvalue weighted by Crippen LogP contribution is 2.31. The third-order valence-electron chi connectivity index (χ3n) is 5.22. The smallest absolute Gasteiger partial charge is 0.416 e. The first-order valence-corrected chi connectivity index (χ1v) is 11.5. The van der Waals surface area contributed by atoms with Crippen LogP contribution in [0.25, 0.3) is 16.6 Å². The van der Waals surface area contributed by atoms with Crippen molar-refractivity contribution in [3.05, 3.63) is 84.1 Å². The van der Waals surface area contributed by atoms with Gasteiger partial charge >= 0.3 is 12.1 Å². The predicted molar refractivity (Wildman–Crippen MR) is 124 cm³/mol. The van der Waals surface area contributed by atoms with Crippen LogP contribution >= 0.6 is 11.8 Å². The van der Waals surface area contributed by atoms with E-state index < -0.39 is 23.8 Å². The largest absolute Gasteiger partial charge is 0.479 e. The molecule has 1 N–H and O–H groups in total. The van der Waals surface area contributed by atoms with E-state index >= 15 is 0 Å². The highest BCUT2D eigenvalue weighted by atomic mass is 32.2. The Bertz CT molecular complexity index is 1290. The van der Waals surface area contributed by atoms with Crippen LogP contribution in [0.5, 0.6) is 5.75 Å². The Morgan fingerprint density at radius 3 is 2.41 bits per heavy atom. The van der Waals surface area contributed by atoms with E-state index in [2.05, 4.69) is 5.10 Å². The van der Waals surface area contributed by atoms with Crippen molar-refractivity contribution in [1.29, 1.82) is 0 Å². The number of aliphatic carboxylic acids is 1. The summed E-state index contributed by atoms with van der Waals surface area (Å²) in [5, 5.41) is 14.6. The highest BCUT2D eigenvalue weighted by Gasteiger charge is 2.30. The molecule has 5 nitrogen and oxygen atoms in total. The number of hydrogen-bond acceptors (Lipinski definition) is 4. The average molecular weight is 487 g/mol. The zero-order chi connectivity index (χ0) is 24.3. The number of carboxylic acids is 1. The molecule has 0 radical (unpaired) electrons. The Labute approximate surface area is 198 Å². The molecule has 176 valence electrons. The molecule has 4 aromatic rings. The molecule has 9 heteroatoms. The van der Waals surface area contributed by atoms with Crippen molar-refractivity contribution >= 4 is 28.6 Å². The lowest BCUT2D eigenvalue weighted by atomic mass is 10.2. The van der Waals surface area contributed by atoms with Crippen molar-refractivity contribution < 1.29 is 27.8 Å². The molecule has 0 saturated heterocycles. The normalized spacial score (nSPS) is 12.6. The van der Waals surface area contributed by atoms with Crippen LogP contribution in [0.4, 0.5) is 13.2 Å². The van der Waals surface area contributed by atoms with Crippen LogP contribution in [0.1, 0.15) is 24.5 Å². The van der Waals surface area contributed by atoms with E-state index in [1.54, 1.807) is 41.7 Å². The molecular formula is C25H21F3N2O3S. The maximum Gasteiger partial charge on any atom is 0.416 e. The molecule has 4 rings (SSSR count). The zero-order valence-corrected chi connectivity index (χ0v) is 18.9. The van der Waals surface area contributed by atoms with Crippen molar-refractivity contribution in [2.24, 2.45) is 0 Å². The number of thioether (sulfide) groups is 1. The summed E-state index contributed by atoms with van der Waals surface area (Å²) in [5.74, 6) is 0.134. The number of hydrogen-bond donors (Lipinski definition) is 1. The predicted octanol–water partition coefficient (Wildman–Crippen LogP) is 6.58. The molecule has 0 fully saturated rings. The van der Waals surface area contributed by atoms with E-state index in [0.717, 1.165) is 33.5 Å². The lowest BCUT2D eigenvalue weighted by Gasteiger charge is -2.13. The quantitative estimate of drug-likeness (QED) is 0.285. The fraction of sp³-hybridized carbons (Fsp3) is 0.200. The Kier molecular flexibility index (Phi) is 6.83. The van der Waals surface area contributed by atoms with Crippen molar-refractivity contribution in [2.45, 2.75) is 36.3 Å². The molecule has 3 aromatic carbocycles. The fourth-order valence-corrected chi connectivity index (χ4v) is 4.29. The topological polar surface area (TPSA) is 64.4 Å². The summed E-state index contributed by atoms with van der Waals surface area (Å²) in [5.41, 5.74) is 1.62. The van der Waals surface area contributed by atoms with Gasteiger partial charge in [0.05, 0.1) is 16.8 Å². The number of carbonyl (C=O) groups is 1. The fourth-order valence-electron chi connectivity index (χ4n) is 3.41. The Hall–Kier alpha value is -3.46. The lowest BCUT2D eigenvalue weighted by molar-refractivity contribution is -0.145. The van der Waals surface area contributed by atoms with Crippen LogP contribution in [0.15, 0.2) is 77.8 Å². The first kappa shape index (κ1) is 23.7. The molecule has 0 bridgehead atoms. The van der Waals surface area contributed by atoms with Gasteiger partial charge in [0, 0.05) is 22.2 Å². The molecule has 1 heterocycles. The van der Waals surface area contributed by atoms with E-state index in [9.17, 15) is 18.0 Å². The monoisotopic (exact) mass is 486 g/mol. The van der Waals surface area contributed by atoms with Gasteiger partial charge in [0.25, 0.3) is 0 Å². The van der Waals surface area contributed by atoms with Gasteiger partial charge in [-0.05, 0) is 60.5 Å². The minimum atomic E-state index is -4.38. The highest BCUT2D eigenvalue weighted by molar-refractivity contribution is 7.98. The maximum absolute atomic E-state index is 12.8. The summed E-state index contributed by atoms with van der Waals surface area (Å²) in [4.78, 5) is 12.1. The summed E-state index contributed by atoms with van der Waals surface area (Å²) in [6, 6.07) is 17.9. The number of nitrogens with zero attached hydrogens (tertiary/aromatic N) is 2. The van der Waals surface area contributed by atoms with E-state index in [1.165, 1.54) is 12.1 Å². The van der Waals surface area contributed by atoms with Crippen LogP contribution < -0.4 is 4.74 Å². The van der Waals surface area contributed by atoms with E-state index in [-0.39, 0.29) is 0 Å². The molecule has 0 spiro atoms. The number of halogens is 3. The number of fused-ring (bicyclic) bond motifs is 1. The second kappa shape index (κ2) is 9.80. The van der Waals surface area contributed by atoms with E-state index in [4.69, 9.17) is 9.84 Å². The van der Waals surface area contributed by atoms with Gasteiger partial charge in [-0.1, -0.05) is 25.1 Å². The third kappa shape index (κ3) is 5.36. The van der Waals surface area contributed by atoms with Gasteiger partial charge in [-0.25, -0.2) is 9.48 Å². The summed E-state index contributed by atoms with van der Waals surface area (Å²) >= 11 is 1.59. The molecular weight excluding hydrogens is 465 g/mol. The number of alkyl halides is 3. The van der Waals surface area contributed by atoms with Crippen molar-refractivity contribution in [2.75, 3.05) is 0 Å². The Morgan fingerprint density at radius 2 is 1.79 bits per heavy atom. The van der Waals surface area contributed by atoms with Gasteiger partial charge in [0.1, 0.15) is 5.75 Å². The van der Waals surface area contributed by atoms with Crippen LogP contribution in [-0.2, 0) is 16.7 Å². The number of benzene rings is 3. The summed E-state index contributed by atoms with van der Waals surface area (Å²) in [7, 11) is 0. The van der Waals surface area contributed by atoms with Gasteiger partial charge in [0.2, 0.25) is 0 Å². The SMILES string of the molecule is CCC(Oc1ccc(SCc2cccc3cn(-c4ccc(C(F)(F)F)cc4)nc23)cc1)C(=O)O. The molecule has 1 unspecified atom stereocenters. The first-order chi connectivity index (χ1) is 16.2. The van der Waals surface area contributed by atoms with Crippen LogP contribution in [0.2, 0.25) is 0 Å². The minimum Gasteiger partial charge on any atom is -0.479 e. The molecule has 0 aliphatic rings. The van der Waals surface area contributed by atoms with Gasteiger partial charge < -0.3 is 9.84 Å². The van der Waals surface area contributed by atoms with Crippen LogP contribution in [-0.4, -0.2) is 27.0 Å². The Balaban J connectivity index is 1.48. The van der Waals surface area contributed by atoms with E-state index in [1.807, 2.05) is 30.3 Å². The standard InChI is InChI=1S/C25H21F3N2O3S/c1-2-22(24(31)32)33-20-10-12-21(13-11-20)34-15-17-5-3-4-16-14-30(29-23(16)17)19-8-6-18(7-9-19)25(26,27)28/h3-14,22H,2,15H2,1H3,(H,31,32). The molecule has 34 heavy (non-hydrogen) atoms. The van der Waals surface area contributed by atoms with Crippen molar-refractivity contribution in [3.63, 3.8) is 0 Å². The number of rotatable bonds is 8. The third-order valence-corrected chi connectivity index (χ3v) is 6.28. The lowest BCUT2D eigenvalue weighted by Crippen LogP contribution is -2.25. The first-order valence-electron chi connectivity index (χ1n) is 10.5. The van der Waals surface area contributed by atoms with Gasteiger partial charge in [-0.15, -0.1) is 11.8 Å². The second-order valence-corrected chi connectivity index (χ2v) is 8.64. The van der Waals surface area contributed by atoms with Crippen LogP contribution in [0.3, 0.4) is 0 Å². The maximum atomic E-state index is 12.8. The number of ether oxygens (including phenoxy) is 1. The molecule has 0 aliphatic carbocycles. The zero-order valence-electron chi connectivity index (χ0n) is 18.1. The molecule has 1 atom stereocenters. The average Bonchev–Trinajstić information content (AvgIpc) is 3.26. The Morgan fingerprint density at radius 1 is 1.09 bits per heavy atom. The van der Waals surface area contributed by atoms with E-state index in [0.29, 0.717) is 23.6 Å². The summed E-state index contributed by atoms with van der Waals surface area (Å²) < 4.78 is 45.6. The molecule has 0 aliphatic heterocycles. The molecule has 1 aromatic heterocycles. The van der Waals surface area contributed by atoms with Crippen LogP contribution in [0, 0.1) is 0 Å². The number of carboxylic acid groups (broad SMARTS) is 1. The summed E-state index contributed by atoms with van der Waals surface area (Å²) in [6.45, 7) is 1.75. The van der Waals surface area contributed by atoms with Gasteiger partial charge in [-0.2, -0.15) is 18.3 Å². The number of aromatic nitrogens is 2. The molecule has 0 amide bonds.